The second-order valence-electron chi connectivity index (χ2n) is 6.14. The third-order valence-electron chi connectivity index (χ3n) is 4.17. The largest absolute Gasteiger partial charge is 0.505 e. The Hall–Kier alpha value is -4.27. The van der Waals surface area contributed by atoms with E-state index in [0.717, 1.165) is 5.56 Å². The third-order valence-corrected chi connectivity index (χ3v) is 4.17. The molecule has 0 saturated heterocycles. The molecular weight excluding hydrogens is 372 g/mol. The summed E-state index contributed by atoms with van der Waals surface area (Å²) in [6, 6.07) is 9.93. The first kappa shape index (κ1) is 18.1. The van der Waals surface area contributed by atoms with E-state index in [2.05, 4.69) is 25.6 Å². The summed E-state index contributed by atoms with van der Waals surface area (Å²) in [6.45, 7) is 0.237. The number of carbonyl (C=O) groups excluding carboxylic acids is 2. The maximum Gasteiger partial charge on any atom is 0.278 e. The normalized spacial score (nSPS) is 10.6. The van der Waals surface area contributed by atoms with Crippen LogP contribution in [0.2, 0.25) is 0 Å². The Morgan fingerprint density at radius 2 is 1.72 bits per heavy atom. The van der Waals surface area contributed by atoms with Crippen molar-refractivity contribution in [1.82, 2.24) is 24.7 Å². The minimum Gasteiger partial charge on any atom is -0.505 e. The number of rotatable bonds is 5. The topological polar surface area (TPSA) is 122 Å². The summed E-state index contributed by atoms with van der Waals surface area (Å²) in [5.41, 5.74) is 1.93. The van der Waals surface area contributed by atoms with Crippen LogP contribution >= 0.6 is 0 Å². The molecule has 3 N–H and O–H groups in total. The number of hydrogen-bond donors (Lipinski definition) is 3. The summed E-state index contributed by atoms with van der Waals surface area (Å²) >= 11 is 0. The minimum atomic E-state index is -0.528. The maximum atomic E-state index is 12.5. The van der Waals surface area contributed by atoms with Crippen LogP contribution in [0.15, 0.2) is 67.4 Å². The molecule has 4 aromatic rings. The lowest BCUT2D eigenvalue weighted by molar-refractivity contribution is 0.0946. The molecule has 0 aliphatic rings. The van der Waals surface area contributed by atoms with Crippen LogP contribution in [0.5, 0.6) is 5.75 Å². The number of aromatic nitrogens is 4. The number of benzene rings is 1. The average Bonchev–Trinajstić information content (AvgIpc) is 3.21. The third kappa shape index (κ3) is 3.88. The van der Waals surface area contributed by atoms with Gasteiger partial charge in [0.1, 0.15) is 5.75 Å². The lowest BCUT2D eigenvalue weighted by Crippen LogP contribution is -2.24. The van der Waals surface area contributed by atoms with Crippen LogP contribution in [0.3, 0.4) is 0 Å². The van der Waals surface area contributed by atoms with Gasteiger partial charge in [0.15, 0.2) is 17.0 Å². The first-order valence-corrected chi connectivity index (χ1v) is 8.72. The van der Waals surface area contributed by atoms with Gasteiger partial charge in [0, 0.05) is 43.2 Å². The molecule has 3 heterocycles. The van der Waals surface area contributed by atoms with E-state index < -0.39 is 5.91 Å². The number of aromatic hydroxyl groups is 1. The molecule has 0 aliphatic carbocycles. The zero-order valence-corrected chi connectivity index (χ0v) is 15.1. The maximum absolute atomic E-state index is 12.5. The van der Waals surface area contributed by atoms with E-state index >= 15 is 0 Å². The summed E-state index contributed by atoms with van der Waals surface area (Å²) in [4.78, 5) is 36.9. The van der Waals surface area contributed by atoms with Crippen molar-refractivity contribution >= 4 is 23.1 Å². The van der Waals surface area contributed by atoms with Crippen LogP contribution in [0, 0.1) is 0 Å². The number of fused-ring (bicyclic) bond motifs is 1. The summed E-state index contributed by atoms with van der Waals surface area (Å²) < 4.78 is 1.71. The van der Waals surface area contributed by atoms with Crippen molar-refractivity contribution in [2.45, 2.75) is 6.54 Å². The smallest absolute Gasteiger partial charge is 0.278 e. The van der Waals surface area contributed by atoms with E-state index in [9.17, 15) is 14.7 Å². The Morgan fingerprint density at radius 1 is 0.931 bits per heavy atom. The second kappa shape index (κ2) is 7.77. The molecule has 1 aromatic carbocycles. The van der Waals surface area contributed by atoms with E-state index in [0.29, 0.717) is 11.3 Å². The molecule has 4 rings (SSSR count). The highest BCUT2D eigenvalue weighted by atomic mass is 16.3. The summed E-state index contributed by atoms with van der Waals surface area (Å²) in [7, 11) is 0. The Kier molecular flexibility index (Phi) is 4.85. The van der Waals surface area contributed by atoms with E-state index in [1.54, 1.807) is 41.2 Å². The lowest BCUT2D eigenvalue weighted by Gasteiger charge is -2.09. The average molecular weight is 388 g/mol. The first-order chi connectivity index (χ1) is 14.1. The first-order valence-electron chi connectivity index (χ1n) is 8.72. The molecule has 0 saturated carbocycles. The van der Waals surface area contributed by atoms with Crippen molar-refractivity contribution in [3.05, 3.63) is 84.3 Å². The summed E-state index contributed by atoms with van der Waals surface area (Å²) in [6.07, 6.45) is 8.01. The van der Waals surface area contributed by atoms with E-state index in [1.807, 2.05) is 6.07 Å². The number of amides is 2. The molecule has 2 amide bonds. The zero-order chi connectivity index (χ0) is 20.2. The fourth-order valence-electron chi connectivity index (χ4n) is 2.80. The molecule has 144 valence electrons. The highest BCUT2D eigenvalue weighted by Gasteiger charge is 2.14. The van der Waals surface area contributed by atoms with Crippen molar-refractivity contribution in [2.75, 3.05) is 5.32 Å². The van der Waals surface area contributed by atoms with Gasteiger partial charge in [-0.3, -0.25) is 9.59 Å². The Labute approximate surface area is 165 Å². The molecule has 9 nitrogen and oxygen atoms in total. The number of nitrogens with zero attached hydrogens (tertiary/aromatic N) is 4. The van der Waals surface area contributed by atoms with Gasteiger partial charge >= 0.3 is 0 Å². The van der Waals surface area contributed by atoms with Gasteiger partial charge in [-0.25, -0.2) is 15.0 Å². The molecule has 0 aliphatic heterocycles. The van der Waals surface area contributed by atoms with Crippen LogP contribution in [-0.4, -0.2) is 36.3 Å². The van der Waals surface area contributed by atoms with E-state index in [1.165, 1.54) is 24.5 Å². The fraction of sp³-hybridized carbons (Fsp3) is 0.0500. The minimum absolute atomic E-state index is 0.0647. The number of carbonyl (C=O) groups is 2. The second-order valence-corrected chi connectivity index (χ2v) is 6.14. The molecular formula is C20H16N6O3. The van der Waals surface area contributed by atoms with Gasteiger partial charge in [0.05, 0.1) is 0 Å². The van der Waals surface area contributed by atoms with Crippen LogP contribution in [-0.2, 0) is 6.54 Å². The highest BCUT2D eigenvalue weighted by molar-refractivity contribution is 6.04. The van der Waals surface area contributed by atoms with Gasteiger partial charge in [-0.15, -0.1) is 0 Å². The Balaban J connectivity index is 1.44. The summed E-state index contributed by atoms with van der Waals surface area (Å²) in [5, 5.41) is 15.2. The molecule has 3 aromatic heterocycles. The van der Waals surface area contributed by atoms with Crippen LogP contribution < -0.4 is 10.6 Å². The monoisotopic (exact) mass is 388 g/mol. The van der Waals surface area contributed by atoms with Crippen molar-refractivity contribution in [3.63, 3.8) is 0 Å². The van der Waals surface area contributed by atoms with Crippen molar-refractivity contribution < 1.29 is 14.7 Å². The van der Waals surface area contributed by atoms with Gasteiger partial charge in [-0.05, 0) is 29.8 Å². The van der Waals surface area contributed by atoms with Crippen LogP contribution in [0.1, 0.15) is 26.5 Å². The Bertz CT molecular complexity index is 1200. The number of pyridine rings is 1. The molecule has 29 heavy (non-hydrogen) atoms. The number of anilines is 1. The van der Waals surface area contributed by atoms with E-state index in [4.69, 9.17) is 0 Å². The molecule has 0 bridgehead atoms. The number of imidazole rings is 1. The Morgan fingerprint density at radius 3 is 2.55 bits per heavy atom. The number of nitrogens with one attached hydrogen (secondary N) is 2. The van der Waals surface area contributed by atoms with Gasteiger partial charge in [0.2, 0.25) is 0 Å². The summed E-state index contributed by atoms with van der Waals surface area (Å²) in [5.74, 6) is -1.08. The molecule has 0 fully saturated rings. The van der Waals surface area contributed by atoms with Crippen molar-refractivity contribution in [3.8, 4) is 5.75 Å². The van der Waals surface area contributed by atoms with Crippen molar-refractivity contribution in [1.29, 1.82) is 0 Å². The standard InChI is InChI=1S/C20H16N6O3/c27-15-5-2-6-21-16(15)20(29)25-14-4-1-3-13(11-14)12-24-19(28)17-18-23-8-10-26(18)9-7-22-17/h1-11,27H,12H2,(H,24,28)(H,25,29). The predicted molar refractivity (Wildman–Crippen MR) is 104 cm³/mol. The quantitative estimate of drug-likeness (QED) is 0.481. The van der Waals surface area contributed by atoms with Crippen LogP contribution in [0.4, 0.5) is 5.69 Å². The lowest BCUT2D eigenvalue weighted by atomic mass is 10.2. The van der Waals surface area contributed by atoms with Crippen molar-refractivity contribution in [2.24, 2.45) is 0 Å². The van der Waals surface area contributed by atoms with Crippen LogP contribution in [0.25, 0.3) is 5.65 Å². The molecule has 0 atom stereocenters. The number of hydrogen-bond acceptors (Lipinski definition) is 6. The zero-order valence-electron chi connectivity index (χ0n) is 15.1. The van der Waals surface area contributed by atoms with E-state index in [-0.39, 0.29) is 29.6 Å². The molecule has 9 heteroatoms. The molecule has 0 radical (unpaired) electrons. The predicted octanol–water partition coefficient (Wildman–Crippen LogP) is 2.01. The van der Waals surface area contributed by atoms with Gasteiger partial charge in [0.25, 0.3) is 11.8 Å². The fourth-order valence-corrected chi connectivity index (χ4v) is 2.80. The van der Waals surface area contributed by atoms with Gasteiger partial charge < -0.3 is 20.1 Å². The molecule has 0 unspecified atom stereocenters. The SMILES string of the molecule is O=C(Nc1cccc(CNC(=O)c2nccn3ccnc23)c1)c1ncccc1O. The molecule has 0 spiro atoms. The highest BCUT2D eigenvalue weighted by Crippen LogP contribution is 2.16. The van der Waals surface area contributed by atoms with Gasteiger partial charge in [-0.1, -0.05) is 12.1 Å². The van der Waals surface area contributed by atoms with Gasteiger partial charge in [-0.2, -0.15) is 0 Å².